The molecule has 22 heavy (non-hydrogen) atoms. The predicted molar refractivity (Wildman–Crippen MR) is 75.7 cm³/mol. The van der Waals surface area contributed by atoms with E-state index < -0.39 is 5.91 Å². The van der Waals surface area contributed by atoms with Gasteiger partial charge in [0.2, 0.25) is 5.88 Å². The molecule has 1 aromatic carbocycles. The standard InChI is InChI=1S/C15H12FN3O3/c1-19-8-11(14(20)15(19)21)12-6-18-13(7-17-12)22-10-4-2-9(16)3-5-10/h2-7,20H,8H2,1H3. The van der Waals surface area contributed by atoms with E-state index in [1.54, 1.807) is 7.05 Å². The van der Waals surface area contributed by atoms with Crippen molar-refractivity contribution in [2.45, 2.75) is 0 Å². The smallest absolute Gasteiger partial charge is 0.289 e. The van der Waals surface area contributed by atoms with Crippen LogP contribution < -0.4 is 4.74 Å². The lowest BCUT2D eigenvalue weighted by atomic mass is 10.2. The van der Waals surface area contributed by atoms with Gasteiger partial charge in [-0.3, -0.25) is 4.79 Å². The van der Waals surface area contributed by atoms with Crippen molar-refractivity contribution in [2.75, 3.05) is 13.6 Å². The first kappa shape index (κ1) is 14.0. The van der Waals surface area contributed by atoms with E-state index in [4.69, 9.17) is 4.74 Å². The minimum absolute atomic E-state index is 0.230. The molecule has 2 aromatic rings. The Labute approximate surface area is 125 Å². The maximum absolute atomic E-state index is 12.8. The highest BCUT2D eigenvalue weighted by molar-refractivity contribution is 6.03. The second kappa shape index (κ2) is 5.44. The number of likely N-dealkylation sites (N-methyl/N-ethyl adjacent to an activating group) is 1. The van der Waals surface area contributed by atoms with Crippen LogP contribution in [0, 0.1) is 5.82 Å². The number of aliphatic hydroxyl groups is 1. The Morgan fingerprint density at radius 3 is 2.50 bits per heavy atom. The van der Waals surface area contributed by atoms with Crippen molar-refractivity contribution in [1.82, 2.24) is 14.9 Å². The highest BCUT2D eigenvalue weighted by Crippen LogP contribution is 2.25. The van der Waals surface area contributed by atoms with Gasteiger partial charge in [0.05, 0.1) is 24.6 Å². The van der Waals surface area contributed by atoms with Gasteiger partial charge in [-0.2, -0.15) is 0 Å². The molecule has 3 rings (SSSR count). The normalized spacial score (nSPS) is 14.6. The maximum atomic E-state index is 12.8. The Hall–Kier alpha value is -2.96. The first-order valence-corrected chi connectivity index (χ1v) is 6.48. The average Bonchev–Trinajstić information content (AvgIpc) is 2.78. The minimum atomic E-state index is -0.441. The Morgan fingerprint density at radius 2 is 1.95 bits per heavy atom. The van der Waals surface area contributed by atoms with E-state index in [0.29, 0.717) is 17.0 Å². The molecule has 7 heteroatoms. The van der Waals surface area contributed by atoms with Gasteiger partial charge in [-0.1, -0.05) is 0 Å². The van der Waals surface area contributed by atoms with Crippen LogP contribution in [0.5, 0.6) is 11.6 Å². The topological polar surface area (TPSA) is 75.6 Å². The van der Waals surface area contributed by atoms with Gasteiger partial charge in [-0.25, -0.2) is 14.4 Å². The molecule has 6 nitrogen and oxygen atoms in total. The van der Waals surface area contributed by atoms with E-state index in [2.05, 4.69) is 9.97 Å². The van der Waals surface area contributed by atoms with Crippen molar-refractivity contribution >= 4 is 11.5 Å². The summed E-state index contributed by atoms with van der Waals surface area (Å²) in [6, 6.07) is 5.51. The fourth-order valence-corrected chi connectivity index (χ4v) is 2.04. The fourth-order valence-electron chi connectivity index (χ4n) is 2.04. The summed E-state index contributed by atoms with van der Waals surface area (Å²) in [4.78, 5) is 21.1. The van der Waals surface area contributed by atoms with Crippen LogP contribution in [0.3, 0.4) is 0 Å². The van der Waals surface area contributed by atoms with Crippen LogP contribution in [0.15, 0.2) is 42.4 Å². The third kappa shape index (κ3) is 2.60. The monoisotopic (exact) mass is 301 g/mol. The van der Waals surface area contributed by atoms with Crippen LogP contribution >= 0.6 is 0 Å². The first-order valence-electron chi connectivity index (χ1n) is 6.48. The highest BCUT2D eigenvalue weighted by Gasteiger charge is 2.29. The first-order chi connectivity index (χ1) is 10.5. The van der Waals surface area contributed by atoms with Crippen molar-refractivity contribution < 1.29 is 19.0 Å². The van der Waals surface area contributed by atoms with Crippen LogP contribution in [0.2, 0.25) is 0 Å². The molecule has 1 aliphatic heterocycles. The highest BCUT2D eigenvalue weighted by atomic mass is 19.1. The van der Waals surface area contributed by atoms with Crippen molar-refractivity contribution in [2.24, 2.45) is 0 Å². The van der Waals surface area contributed by atoms with Crippen LogP contribution in [-0.2, 0) is 4.79 Å². The summed E-state index contributed by atoms with van der Waals surface area (Å²) in [7, 11) is 1.59. The molecule has 0 fully saturated rings. The summed E-state index contributed by atoms with van der Waals surface area (Å²) in [5.41, 5.74) is 0.829. The van der Waals surface area contributed by atoms with E-state index in [-0.39, 0.29) is 24.0 Å². The molecule has 0 spiro atoms. The van der Waals surface area contributed by atoms with Crippen LogP contribution in [0.1, 0.15) is 5.69 Å². The second-order valence-electron chi connectivity index (χ2n) is 4.78. The number of ether oxygens (including phenoxy) is 1. The summed E-state index contributed by atoms with van der Waals surface area (Å²) in [5.74, 6) is -0.451. The van der Waals surface area contributed by atoms with E-state index in [0.717, 1.165) is 0 Å². The molecule has 2 heterocycles. The Bertz CT molecular complexity index is 742. The van der Waals surface area contributed by atoms with Crippen molar-refractivity contribution in [3.63, 3.8) is 0 Å². The largest absolute Gasteiger partial charge is 0.503 e. The number of benzene rings is 1. The minimum Gasteiger partial charge on any atom is -0.503 e. The molecule has 0 saturated heterocycles. The molecule has 0 saturated carbocycles. The Kier molecular flexibility index (Phi) is 3.46. The van der Waals surface area contributed by atoms with E-state index in [9.17, 15) is 14.3 Å². The number of amides is 1. The summed E-state index contributed by atoms with van der Waals surface area (Å²) >= 11 is 0. The van der Waals surface area contributed by atoms with Gasteiger partial charge in [0.25, 0.3) is 5.91 Å². The number of carbonyl (C=O) groups excluding carboxylic acids is 1. The lowest BCUT2D eigenvalue weighted by Gasteiger charge is -2.07. The molecule has 0 atom stereocenters. The number of hydrogen-bond donors (Lipinski definition) is 1. The Balaban J connectivity index is 1.79. The number of aliphatic hydroxyl groups excluding tert-OH is 1. The summed E-state index contributed by atoms with van der Waals surface area (Å²) in [6.45, 7) is 0.275. The molecule has 1 amide bonds. The van der Waals surface area contributed by atoms with Crippen LogP contribution in [-0.4, -0.2) is 39.5 Å². The lowest BCUT2D eigenvalue weighted by molar-refractivity contribution is -0.126. The number of rotatable bonds is 3. The fraction of sp³-hybridized carbons (Fsp3) is 0.133. The third-order valence-corrected chi connectivity index (χ3v) is 3.20. The van der Waals surface area contributed by atoms with E-state index >= 15 is 0 Å². The SMILES string of the molecule is CN1CC(c2cnc(Oc3ccc(F)cc3)cn2)=C(O)C1=O. The molecule has 0 unspecified atom stereocenters. The molecule has 1 aliphatic rings. The zero-order chi connectivity index (χ0) is 15.7. The quantitative estimate of drug-likeness (QED) is 0.940. The van der Waals surface area contributed by atoms with E-state index in [1.165, 1.54) is 41.6 Å². The molecule has 1 N–H and O–H groups in total. The van der Waals surface area contributed by atoms with Crippen LogP contribution in [0.4, 0.5) is 4.39 Å². The molecular formula is C15H12FN3O3. The van der Waals surface area contributed by atoms with Gasteiger partial charge in [0.1, 0.15) is 11.6 Å². The molecule has 0 radical (unpaired) electrons. The number of carbonyl (C=O) groups is 1. The van der Waals surface area contributed by atoms with Gasteiger partial charge in [-0.15, -0.1) is 0 Å². The van der Waals surface area contributed by atoms with Gasteiger partial charge >= 0.3 is 0 Å². The molecule has 0 aliphatic carbocycles. The number of nitrogens with zero attached hydrogens (tertiary/aromatic N) is 3. The van der Waals surface area contributed by atoms with Crippen LogP contribution in [0.25, 0.3) is 5.57 Å². The number of halogens is 1. The maximum Gasteiger partial charge on any atom is 0.289 e. The average molecular weight is 301 g/mol. The number of aromatic nitrogens is 2. The zero-order valence-electron chi connectivity index (χ0n) is 11.7. The summed E-state index contributed by atoms with van der Waals surface area (Å²) in [6.07, 6.45) is 2.79. The molecule has 0 bridgehead atoms. The predicted octanol–water partition coefficient (Wildman–Crippen LogP) is 2.15. The van der Waals surface area contributed by atoms with Gasteiger partial charge in [0, 0.05) is 12.6 Å². The number of hydrogen-bond acceptors (Lipinski definition) is 5. The second-order valence-corrected chi connectivity index (χ2v) is 4.78. The van der Waals surface area contributed by atoms with E-state index in [1.807, 2.05) is 0 Å². The van der Waals surface area contributed by atoms with Crippen molar-refractivity contribution in [1.29, 1.82) is 0 Å². The zero-order valence-corrected chi connectivity index (χ0v) is 11.7. The molecular weight excluding hydrogens is 289 g/mol. The van der Waals surface area contributed by atoms with Gasteiger partial charge < -0.3 is 14.7 Å². The summed E-state index contributed by atoms with van der Waals surface area (Å²) in [5, 5.41) is 9.77. The third-order valence-electron chi connectivity index (χ3n) is 3.20. The molecule has 1 aromatic heterocycles. The molecule has 112 valence electrons. The van der Waals surface area contributed by atoms with Gasteiger partial charge in [0.15, 0.2) is 5.76 Å². The van der Waals surface area contributed by atoms with Gasteiger partial charge in [-0.05, 0) is 24.3 Å². The lowest BCUT2D eigenvalue weighted by Crippen LogP contribution is -2.21. The van der Waals surface area contributed by atoms with Crippen molar-refractivity contribution in [3.05, 3.63) is 53.9 Å². The summed E-state index contributed by atoms with van der Waals surface area (Å²) < 4.78 is 18.2. The Morgan fingerprint density at radius 1 is 1.23 bits per heavy atom. The van der Waals surface area contributed by atoms with Crippen molar-refractivity contribution in [3.8, 4) is 11.6 Å².